The molecule has 3 aliphatic rings. The van der Waals surface area contributed by atoms with E-state index in [1.165, 1.54) is 83.6 Å². The molecule has 0 heterocycles. The van der Waals surface area contributed by atoms with Crippen LogP contribution in [0, 0.1) is 10.8 Å². The van der Waals surface area contributed by atoms with Crippen LogP contribution < -0.4 is 5.32 Å². The van der Waals surface area contributed by atoms with Gasteiger partial charge < -0.3 is 5.32 Å². The first-order valence-corrected chi connectivity index (χ1v) is 9.65. The van der Waals surface area contributed by atoms with Crippen molar-refractivity contribution in [3.63, 3.8) is 0 Å². The first kappa shape index (κ1) is 15.6. The van der Waals surface area contributed by atoms with E-state index in [1.807, 2.05) is 5.57 Å². The molecule has 120 valence electrons. The maximum Gasteiger partial charge on any atom is 0.00685 e. The zero-order chi connectivity index (χ0) is 14.8. The average molecular weight is 290 g/mol. The predicted octanol–water partition coefficient (Wildman–Crippen LogP) is 5.61. The van der Waals surface area contributed by atoms with Crippen LogP contribution in [0.2, 0.25) is 0 Å². The van der Waals surface area contributed by atoms with Gasteiger partial charge in [0.05, 0.1) is 0 Å². The molecular formula is C20H35N. The van der Waals surface area contributed by atoms with E-state index < -0.39 is 0 Å². The lowest BCUT2D eigenvalue weighted by atomic mass is 9.47. The predicted molar refractivity (Wildman–Crippen MR) is 91.5 cm³/mol. The molecule has 3 aliphatic carbocycles. The van der Waals surface area contributed by atoms with E-state index in [0.717, 1.165) is 6.04 Å². The molecule has 0 bridgehead atoms. The van der Waals surface area contributed by atoms with Gasteiger partial charge in [-0.1, -0.05) is 38.3 Å². The second kappa shape index (κ2) is 6.44. The van der Waals surface area contributed by atoms with E-state index in [1.54, 1.807) is 0 Å². The van der Waals surface area contributed by atoms with Crippen LogP contribution in [-0.4, -0.2) is 12.6 Å². The molecule has 0 spiro atoms. The van der Waals surface area contributed by atoms with Crippen LogP contribution >= 0.6 is 0 Å². The van der Waals surface area contributed by atoms with E-state index in [9.17, 15) is 0 Å². The Hall–Kier alpha value is -0.300. The van der Waals surface area contributed by atoms with Gasteiger partial charge in [0.2, 0.25) is 0 Å². The zero-order valence-corrected chi connectivity index (χ0v) is 14.3. The SMILES string of the molecule is CCCC1(CCC)CC(CNC2CC2)(C2=CCCCC2)C1. The number of allylic oxidation sites excluding steroid dienone is 1. The van der Waals surface area contributed by atoms with E-state index in [2.05, 4.69) is 25.2 Å². The van der Waals surface area contributed by atoms with Gasteiger partial charge in [0.1, 0.15) is 0 Å². The Morgan fingerprint density at radius 2 is 1.81 bits per heavy atom. The highest BCUT2D eigenvalue weighted by Gasteiger charge is 2.54. The summed E-state index contributed by atoms with van der Waals surface area (Å²) < 4.78 is 0. The van der Waals surface area contributed by atoms with Gasteiger partial charge in [0, 0.05) is 18.0 Å². The van der Waals surface area contributed by atoms with Gasteiger partial charge >= 0.3 is 0 Å². The van der Waals surface area contributed by atoms with Crippen molar-refractivity contribution >= 4 is 0 Å². The molecule has 0 amide bonds. The third kappa shape index (κ3) is 3.38. The molecule has 0 unspecified atom stereocenters. The first-order valence-electron chi connectivity index (χ1n) is 9.65. The highest BCUT2D eigenvalue weighted by atomic mass is 15.0. The Kier molecular flexibility index (Phi) is 4.78. The fourth-order valence-corrected chi connectivity index (χ4v) is 5.34. The minimum Gasteiger partial charge on any atom is -0.313 e. The summed E-state index contributed by atoms with van der Waals surface area (Å²) in [4.78, 5) is 0. The van der Waals surface area contributed by atoms with Gasteiger partial charge in [-0.2, -0.15) is 0 Å². The summed E-state index contributed by atoms with van der Waals surface area (Å²) in [6.07, 6.45) is 19.7. The molecule has 0 aliphatic heterocycles. The molecule has 0 atom stereocenters. The second-order valence-corrected chi connectivity index (χ2v) is 8.26. The highest BCUT2D eigenvalue weighted by molar-refractivity contribution is 5.25. The topological polar surface area (TPSA) is 12.0 Å². The molecule has 2 fully saturated rings. The number of hydrogen-bond donors (Lipinski definition) is 1. The van der Waals surface area contributed by atoms with E-state index in [0.29, 0.717) is 10.8 Å². The van der Waals surface area contributed by atoms with Crippen molar-refractivity contribution in [1.82, 2.24) is 5.32 Å². The van der Waals surface area contributed by atoms with Crippen molar-refractivity contribution in [1.29, 1.82) is 0 Å². The largest absolute Gasteiger partial charge is 0.313 e. The van der Waals surface area contributed by atoms with Gasteiger partial charge in [0.15, 0.2) is 0 Å². The van der Waals surface area contributed by atoms with Gasteiger partial charge in [-0.15, -0.1) is 0 Å². The number of rotatable bonds is 8. The van der Waals surface area contributed by atoms with Crippen molar-refractivity contribution in [3.05, 3.63) is 11.6 Å². The second-order valence-electron chi connectivity index (χ2n) is 8.26. The maximum atomic E-state index is 3.88. The molecule has 0 saturated heterocycles. The van der Waals surface area contributed by atoms with Crippen LogP contribution in [0.25, 0.3) is 0 Å². The van der Waals surface area contributed by atoms with Crippen LogP contribution in [0.1, 0.15) is 90.9 Å². The Balaban J connectivity index is 1.70. The lowest BCUT2D eigenvalue weighted by Crippen LogP contribution is -2.53. The molecular weight excluding hydrogens is 254 g/mol. The van der Waals surface area contributed by atoms with Gasteiger partial charge in [-0.25, -0.2) is 0 Å². The maximum absolute atomic E-state index is 3.88. The molecule has 2 saturated carbocycles. The van der Waals surface area contributed by atoms with Crippen LogP contribution in [-0.2, 0) is 0 Å². The summed E-state index contributed by atoms with van der Waals surface area (Å²) >= 11 is 0. The summed E-state index contributed by atoms with van der Waals surface area (Å²) in [7, 11) is 0. The molecule has 3 rings (SSSR count). The lowest BCUT2D eigenvalue weighted by molar-refractivity contribution is -0.0307. The molecule has 0 aromatic carbocycles. The van der Waals surface area contributed by atoms with Gasteiger partial charge in [-0.3, -0.25) is 0 Å². The summed E-state index contributed by atoms with van der Waals surface area (Å²) in [6.45, 7) is 6.03. The van der Waals surface area contributed by atoms with Gasteiger partial charge in [-0.05, 0) is 69.6 Å². The summed E-state index contributed by atoms with van der Waals surface area (Å²) in [6, 6.07) is 0.860. The lowest BCUT2D eigenvalue weighted by Gasteiger charge is -2.59. The molecule has 0 aromatic rings. The Morgan fingerprint density at radius 3 is 2.33 bits per heavy atom. The summed E-state index contributed by atoms with van der Waals surface area (Å²) in [5.41, 5.74) is 3.07. The fourth-order valence-electron chi connectivity index (χ4n) is 5.34. The third-order valence-electron chi connectivity index (χ3n) is 6.27. The zero-order valence-electron chi connectivity index (χ0n) is 14.3. The van der Waals surface area contributed by atoms with Crippen molar-refractivity contribution in [2.24, 2.45) is 10.8 Å². The summed E-state index contributed by atoms with van der Waals surface area (Å²) in [5, 5.41) is 3.88. The van der Waals surface area contributed by atoms with E-state index >= 15 is 0 Å². The third-order valence-corrected chi connectivity index (χ3v) is 6.27. The van der Waals surface area contributed by atoms with E-state index in [-0.39, 0.29) is 0 Å². The van der Waals surface area contributed by atoms with Crippen molar-refractivity contribution in [3.8, 4) is 0 Å². The summed E-state index contributed by atoms with van der Waals surface area (Å²) in [5.74, 6) is 0. The van der Waals surface area contributed by atoms with E-state index in [4.69, 9.17) is 0 Å². The Bertz CT molecular complexity index is 363. The monoisotopic (exact) mass is 289 g/mol. The minimum atomic E-state index is 0.549. The Morgan fingerprint density at radius 1 is 1.10 bits per heavy atom. The van der Waals surface area contributed by atoms with Crippen molar-refractivity contribution in [2.75, 3.05) is 6.54 Å². The first-order chi connectivity index (χ1) is 10.2. The fraction of sp³-hybridized carbons (Fsp3) is 0.900. The van der Waals surface area contributed by atoms with Crippen molar-refractivity contribution in [2.45, 2.75) is 96.9 Å². The number of nitrogens with one attached hydrogen (secondary N) is 1. The quantitative estimate of drug-likeness (QED) is 0.573. The van der Waals surface area contributed by atoms with Gasteiger partial charge in [0.25, 0.3) is 0 Å². The minimum absolute atomic E-state index is 0.549. The van der Waals surface area contributed by atoms with Crippen LogP contribution in [0.3, 0.4) is 0 Å². The smallest absolute Gasteiger partial charge is 0.00685 e. The molecule has 0 radical (unpaired) electrons. The molecule has 1 heteroatoms. The number of hydrogen-bond acceptors (Lipinski definition) is 1. The molecule has 1 N–H and O–H groups in total. The molecule has 21 heavy (non-hydrogen) atoms. The molecule has 1 nitrogen and oxygen atoms in total. The highest BCUT2D eigenvalue weighted by Crippen LogP contribution is 2.63. The Labute approximate surface area is 132 Å². The molecule has 0 aromatic heterocycles. The average Bonchev–Trinajstić information content (AvgIpc) is 3.28. The van der Waals surface area contributed by atoms with Crippen LogP contribution in [0.4, 0.5) is 0 Å². The van der Waals surface area contributed by atoms with Crippen LogP contribution in [0.15, 0.2) is 11.6 Å². The van der Waals surface area contributed by atoms with Crippen LogP contribution in [0.5, 0.6) is 0 Å². The van der Waals surface area contributed by atoms with Crippen molar-refractivity contribution < 1.29 is 0 Å². The standard InChI is InChI=1S/C20H35N/c1-3-12-19(13-4-2)14-20(15-19,16-21-18-10-11-18)17-8-6-5-7-9-17/h8,18,21H,3-7,9-16H2,1-2H3. The normalized spacial score (nSPS) is 27.0.